The fraction of sp³-hybridized carbons (Fsp3) is 0.231. The average molecular weight is 244 g/mol. The molecular formula is C13H16N4O. The molecule has 0 saturated carbocycles. The van der Waals surface area contributed by atoms with E-state index in [2.05, 4.69) is 20.4 Å². The number of nitrogens with zero attached hydrogens (tertiary/aromatic N) is 2. The highest BCUT2D eigenvalue weighted by atomic mass is 16.1. The highest BCUT2D eigenvalue weighted by Gasteiger charge is 2.06. The largest absolute Gasteiger partial charge is 0.307 e. The Morgan fingerprint density at radius 2 is 2.00 bits per heavy atom. The summed E-state index contributed by atoms with van der Waals surface area (Å²) in [4.78, 5) is 14.0. The van der Waals surface area contributed by atoms with Crippen LogP contribution in [-0.2, 0) is 6.54 Å². The quantitative estimate of drug-likeness (QED) is 0.861. The van der Waals surface area contributed by atoms with Gasteiger partial charge in [-0.05, 0) is 31.8 Å². The zero-order valence-corrected chi connectivity index (χ0v) is 10.5. The van der Waals surface area contributed by atoms with Gasteiger partial charge in [0.1, 0.15) is 5.82 Å². The van der Waals surface area contributed by atoms with E-state index in [4.69, 9.17) is 0 Å². The molecule has 0 aliphatic heterocycles. The molecule has 1 heterocycles. The maximum atomic E-state index is 11.9. The first-order valence-electron chi connectivity index (χ1n) is 5.69. The van der Waals surface area contributed by atoms with Crippen LogP contribution >= 0.6 is 0 Å². The number of benzene rings is 1. The zero-order chi connectivity index (χ0) is 13.0. The van der Waals surface area contributed by atoms with Gasteiger partial charge in [-0.2, -0.15) is 5.10 Å². The van der Waals surface area contributed by atoms with Crippen LogP contribution in [0.1, 0.15) is 15.9 Å². The topological polar surface area (TPSA) is 61.0 Å². The van der Waals surface area contributed by atoms with Gasteiger partial charge >= 0.3 is 0 Å². The van der Waals surface area contributed by atoms with Crippen molar-refractivity contribution in [2.45, 2.75) is 6.54 Å². The number of hydrogen-bond donors (Lipinski definition) is 2. The summed E-state index contributed by atoms with van der Waals surface area (Å²) < 4.78 is 0. The number of carbonyl (C=O) groups is 1. The van der Waals surface area contributed by atoms with Crippen molar-refractivity contribution in [2.24, 2.45) is 0 Å². The maximum absolute atomic E-state index is 11.9. The lowest BCUT2D eigenvalue weighted by Gasteiger charge is -2.09. The van der Waals surface area contributed by atoms with Gasteiger partial charge in [-0.25, -0.2) is 0 Å². The molecule has 2 aromatic rings. The number of aromatic nitrogens is 2. The van der Waals surface area contributed by atoms with Gasteiger partial charge in [-0.3, -0.25) is 9.89 Å². The van der Waals surface area contributed by atoms with Crippen molar-refractivity contribution in [1.82, 2.24) is 15.1 Å². The van der Waals surface area contributed by atoms with Crippen molar-refractivity contribution in [3.8, 4) is 0 Å². The van der Waals surface area contributed by atoms with Crippen LogP contribution in [0.2, 0.25) is 0 Å². The van der Waals surface area contributed by atoms with E-state index in [0.717, 1.165) is 6.54 Å². The Morgan fingerprint density at radius 3 is 2.56 bits per heavy atom. The number of aromatic amines is 1. The minimum atomic E-state index is -0.143. The standard InChI is InChI=1S/C13H16N4O/c1-17(2)9-10-3-5-11(6-4-10)13(18)15-12-7-8-14-16-12/h3-8H,9H2,1-2H3,(H2,14,15,16,18). The third kappa shape index (κ3) is 3.18. The van der Waals surface area contributed by atoms with E-state index >= 15 is 0 Å². The van der Waals surface area contributed by atoms with E-state index in [0.29, 0.717) is 11.4 Å². The molecule has 5 heteroatoms. The van der Waals surface area contributed by atoms with Crippen molar-refractivity contribution in [3.63, 3.8) is 0 Å². The van der Waals surface area contributed by atoms with Crippen molar-refractivity contribution >= 4 is 11.7 Å². The third-order valence-corrected chi connectivity index (χ3v) is 2.46. The highest BCUT2D eigenvalue weighted by Crippen LogP contribution is 2.08. The number of anilines is 1. The summed E-state index contributed by atoms with van der Waals surface area (Å²) in [6.45, 7) is 0.864. The van der Waals surface area contributed by atoms with Gasteiger partial charge in [-0.1, -0.05) is 12.1 Å². The Hall–Kier alpha value is -2.14. The molecule has 0 unspecified atom stereocenters. The van der Waals surface area contributed by atoms with Crippen LogP contribution in [0.4, 0.5) is 5.82 Å². The first kappa shape index (κ1) is 12.3. The molecule has 0 aliphatic carbocycles. The molecule has 0 radical (unpaired) electrons. The van der Waals surface area contributed by atoms with Crippen LogP contribution in [0.3, 0.4) is 0 Å². The van der Waals surface area contributed by atoms with Gasteiger partial charge < -0.3 is 10.2 Å². The molecule has 0 saturated heterocycles. The molecule has 0 bridgehead atoms. The first-order valence-corrected chi connectivity index (χ1v) is 5.69. The van der Waals surface area contributed by atoms with Gasteiger partial charge in [-0.15, -0.1) is 0 Å². The minimum Gasteiger partial charge on any atom is -0.307 e. The van der Waals surface area contributed by atoms with E-state index in [1.165, 1.54) is 5.56 Å². The molecule has 2 rings (SSSR count). The molecule has 0 aliphatic rings. The van der Waals surface area contributed by atoms with E-state index in [1.807, 2.05) is 38.4 Å². The Balaban J connectivity index is 2.03. The molecule has 18 heavy (non-hydrogen) atoms. The van der Waals surface area contributed by atoms with Crippen LogP contribution < -0.4 is 5.32 Å². The number of hydrogen-bond acceptors (Lipinski definition) is 3. The average Bonchev–Trinajstić information content (AvgIpc) is 2.82. The number of rotatable bonds is 4. The summed E-state index contributed by atoms with van der Waals surface area (Å²) in [6, 6.07) is 9.27. The van der Waals surface area contributed by atoms with E-state index in [9.17, 15) is 4.79 Å². The number of nitrogens with one attached hydrogen (secondary N) is 2. The Labute approximate surface area is 106 Å². The molecule has 1 amide bonds. The number of carbonyl (C=O) groups excluding carboxylic acids is 1. The second-order valence-electron chi connectivity index (χ2n) is 4.36. The fourth-order valence-corrected chi connectivity index (χ4v) is 1.65. The molecule has 0 fully saturated rings. The van der Waals surface area contributed by atoms with Gasteiger partial charge in [0.2, 0.25) is 0 Å². The molecule has 1 aromatic carbocycles. The van der Waals surface area contributed by atoms with E-state index in [1.54, 1.807) is 12.3 Å². The second kappa shape index (κ2) is 5.46. The molecule has 1 aromatic heterocycles. The van der Waals surface area contributed by atoms with Crippen LogP contribution in [0.5, 0.6) is 0 Å². The minimum absolute atomic E-state index is 0.143. The van der Waals surface area contributed by atoms with Crippen LogP contribution in [0, 0.1) is 0 Å². The number of H-pyrrole nitrogens is 1. The molecule has 5 nitrogen and oxygen atoms in total. The van der Waals surface area contributed by atoms with Gasteiger partial charge in [0, 0.05) is 18.2 Å². The van der Waals surface area contributed by atoms with Gasteiger partial charge in [0.25, 0.3) is 5.91 Å². The first-order chi connectivity index (χ1) is 8.65. The summed E-state index contributed by atoms with van der Waals surface area (Å²) in [7, 11) is 4.03. The Kier molecular flexibility index (Phi) is 3.74. The lowest BCUT2D eigenvalue weighted by atomic mass is 10.1. The monoisotopic (exact) mass is 244 g/mol. The second-order valence-corrected chi connectivity index (χ2v) is 4.36. The van der Waals surface area contributed by atoms with Gasteiger partial charge in [0.15, 0.2) is 0 Å². The predicted octanol–water partition coefficient (Wildman–Crippen LogP) is 1.72. The van der Waals surface area contributed by atoms with Gasteiger partial charge in [0.05, 0.1) is 6.20 Å². The van der Waals surface area contributed by atoms with E-state index < -0.39 is 0 Å². The Morgan fingerprint density at radius 1 is 1.28 bits per heavy atom. The maximum Gasteiger partial charge on any atom is 0.256 e. The summed E-state index contributed by atoms with van der Waals surface area (Å²) in [6.07, 6.45) is 1.59. The van der Waals surface area contributed by atoms with Crippen molar-refractivity contribution < 1.29 is 4.79 Å². The predicted molar refractivity (Wildman–Crippen MR) is 70.4 cm³/mol. The van der Waals surface area contributed by atoms with Crippen LogP contribution in [-0.4, -0.2) is 35.1 Å². The Bertz CT molecular complexity index is 502. The molecule has 0 spiro atoms. The van der Waals surface area contributed by atoms with Crippen molar-refractivity contribution in [2.75, 3.05) is 19.4 Å². The fourth-order valence-electron chi connectivity index (χ4n) is 1.65. The SMILES string of the molecule is CN(C)Cc1ccc(C(=O)Nc2ccn[nH]2)cc1. The molecule has 0 atom stereocenters. The summed E-state index contributed by atoms with van der Waals surface area (Å²) in [5.74, 6) is 0.452. The highest BCUT2D eigenvalue weighted by molar-refractivity contribution is 6.03. The van der Waals surface area contributed by atoms with Crippen molar-refractivity contribution in [1.29, 1.82) is 0 Å². The van der Waals surface area contributed by atoms with E-state index in [-0.39, 0.29) is 5.91 Å². The summed E-state index contributed by atoms with van der Waals surface area (Å²) >= 11 is 0. The molecule has 2 N–H and O–H groups in total. The third-order valence-electron chi connectivity index (χ3n) is 2.46. The summed E-state index contributed by atoms with van der Waals surface area (Å²) in [5, 5.41) is 9.19. The summed E-state index contributed by atoms with van der Waals surface area (Å²) in [5.41, 5.74) is 1.81. The molecule has 94 valence electrons. The molecular weight excluding hydrogens is 228 g/mol. The zero-order valence-electron chi connectivity index (χ0n) is 10.5. The van der Waals surface area contributed by atoms with Crippen LogP contribution in [0.15, 0.2) is 36.5 Å². The lowest BCUT2D eigenvalue weighted by Crippen LogP contribution is -2.13. The lowest BCUT2D eigenvalue weighted by molar-refractivity contribution is 0.102. The smallest absolute Gasteiger partial charge is 0.256 e. The van der Waals surface area contributed by atoms with Crippen molar-refractivity contribution in [3.05, 3.63) is 47.7 Å². The normalized spacial score (nSPS) is 10.6. The number of amides is 1. The van der Waals surface area contributed by atoms with Crippen LogP contribution in [0.25, 0.3) is 0 Å².